The molecule has 3 N–H and O–H groups in total. The van der Waals surface area contributed by atoms with Gasteiger partial charge in [0.2, 0.25) is 11.9 Å². The molecule has 190 valence electrons. The molecule has 0 unspecified atom stereocenters. The Hall–Kier alpha value is -3.47. The van der Waals surface area contributed by atoms with E-state index in [2.05, 4.69) is 43.0 Å². The molecule has 0 spiro atoms. The molecule has 1 aliphatic heterocycles. The quantitative estimate of drug-likeness (QED) is 0.370. The molecule has 4 rings (SSSR count). The Morgan fingerprint density at radius 1 is 1.17 bits per heavy atom. The van der Waals surface area contributed by atoms with Crippen LogP contribution in [0.2, 0.25) is 5.02 Å². The number of likely N-dealkylation sites (tertiary alicyclic amines) is 1. The van der Waals surface area contributed by atoms with Crippen LogP contribution in [-0.2, 0) is 4.79 Å². The van der Waals surface area contributed by atoms with Gasteiger partial charge in [-0.3, -0.25) is 9.48 Å². The number of nitrogens with zero attached hydrogens (tertiary/aromatic N) is 6. The Bertz CT molecular complexity index is 1200. The Balaban J connectivity index is 1.39. The molecule has 1 aromatic carbocycles. The minimum absolute atomic E-state index is 0.193. The summed E-state index contributed by atoms with van der Waals surface area (Å²) in [6.07, 6.45) is 10.8. The van der Waals surface area contributed by atoms with Crippen LogP contribution in [0.3, 0.4) is 0 Å². The number of likely N-dealkylation sites (N-methyl/N-ethyl adjacent to an activating group) is 1. The van der Waals surface area contributed by atoms with E-state index in [9.17, 15) is 4.79 Å². The molecule has 0 bridgehead atoms. The molecule has 0 aliphatic carbocycles. The van der Waals surface area contributed by atoms with Gasteiger partial charge in [-0.05, 0) is 65.3 Å². The lowest BCUT2D eigenvalue weighted by Crippen LogP contribution is -2.31. The minimum atomic E-state index is -0.193. The number of rotatable bonds is 9. The fourth-order valence-corrected chi connectivity index (χ4v) is 4.01. The van der Waals surface area contributed by atoms with Gasteiger partial charge in [0.1, 0.15) is 5.02 Å². The van der Waals surface area contributed by atoms with Gasteiger partial charge in [-0.1, -0.05) is 23.7 Å². The maximum absolute atomic E-state index is 12.2. The summed E-state index contributed by atoms with van der Waals surface area (Å²) in [5, 5.41) is 14.2. The van der Waals surface area contributed by atoms with Crippen LogP contribution in [0, 0.1) is 0 Å². The van der Waals surface area contributed by atoms with Crippen LogP contribution < -0.4 is 16.0 Å². The molecule has 0 saturated carbocycles. The first kappa shape index (κ1) is 25.6. The average molecular weight is 510 g/mol. The molecule has 3 heterocycles. The summed E-state index contributed by atoms with van der Waals surface area (Å²) in [6, 6.07) is 7.74. The zero-order valence-electron chi connectivity index (χ0n) is 20.8. The lowest BCUT2D eigenvalue weighted by Gasteiger charge is -2.28. The lowest BCUT2D eigenvalue weighted by atomic mass is 10.1. The molecule has 2 aromatic heterocycles. The molecule has 36 heavy (non-hydrogen) atoms. The smallest absolute Gasteiger partial charge is 0.248 e. The van der Waals surface area contributed by atoms with E-state index < -0.39 is 0 Å². The number of nitrogens with one attached hydrogen (secondary N) is 3. The van der Waals surface area contributed by atoms with Crippen molar-refractivity contribution in [2.24, 2.45) is 0 Å². The summed E-state index contributed by atoms with van der Waals surface area (Å²) in [6.45, 7) is 2.83. The molecule has 11 heteroatoms. The van der Waals surface area contributed by atoms with Gasteiger partial charge in [0, 0.05) is 30.2 Å². The first-order valence-electron chi connectivity index (χ1n) is 11.9. The molecule has 1 fully saturated rings. The number of piperidine rings is 1. The number of anilines is 5. The third-order valence-corrected chi connectivity index (χ3v) is 6.07. The number of carbonyl (C=O) groups excluding carboxylic acids is 1. The van der Waals surface area contributed by atoms with E-state index in [-0.39, 0.29) is 5.91 Å². The summed E-state index contributed by atoms with van der Waals surface area (Å²) < 4.78 is 2.01. The highest BCUT2D eigenvalue weighted by Crippen LogP contribution is 2.27. The first-order valence-corrected chi connectivity index (χ1v) is 12.2. The SMILES string of the molecule is CN(C)C/C=C/C(=O)Nc1cccc(Nc2nc(Nc3cnn(C4CCN(C)CC4)c3)ncc2Cl)c1. The van der Waals surface area contributed by atoms with E-state index in [1.807, 2.05) is 60.2 Å². The van der Waals surface area contributed by atoms with Crippen molar-refractivity contribution in [1.29, 1.82) is 0 Å². The van der Waals surface area contributed by atoms with Crippen LogP contribution in [-0.4, -0.2) is 76.2 Å². The average Bonchev–Trinajstić information content (AvgIpc) is 3.30. The third-order valence-electron chi connectivity index (χ3n) is 5.80. The summed E-state index contributed by atoms with van der Waals surface area (Å²) >= 11 is 6.35. The number of carbonyl (C=O) groups is 1. The molecule has 3 aromatic rings. The molecule has 1 saturated heterocycles. The molecule has 1 aliphatic rings. The number of benzene rings is 1. The van der Waals surface area contributed by atoms with E-state index >= 15 is 0 Å². The zero-order chi connectivity index (χ0) is 25.5. The normalized spacial score (nSPS) is 14.9. The maximum atomic E-state index is 12.2. The Morgan fingerprint density at radius 2 is 1.94 bits per heavy atom. The highest BCUT2D eigenvalue weighted by atomic mass is 35.5. The fourth-order valence-electron chi connectivity index (χ4n) is 3.87. The van der Waals surface area contributed by atoms with Crippen LogP contribution in [0.25, 0.3) is 0 Å². The Morgan fingerprint density at radius 3 is 2.72 bits per heavy atom. The second-order valence-corrected chi connectivity index (χ2v) is 9.53. The summed E-state index contributed by atoms with van der Waals surface area (Å²) in [5.74, 6) is 0.660. The monoisotopic (exact) mass is 509 g/mol. The summed E-state index contributed by atoms with van der Waals surface area (Å²) in [5.41, 5.74) is 2.20. The third kappa shape index (κ3) is 7.27. The van der Waals surface area contributed by atoms with E-state index in [0.29, 0.717) is 35.1 Å². The van der Waals surface area contributed by atoms with Crippen molar-refractivity contribution >= 4 is 46.3 Å². The number of hydrogen-bond acceptors (Lipinski definition) is 8. The van der Waals surface area contributed by atoms with Crippen molar-refractivity contribution in [3.63, 3.8) is 0 Å². The van der Waals surface area contributed by atoms with Crippen LogP contribution in [0.1, 0.15) is 18.9 Å². The zero-order valence-corrected chi connectivity index (χ0v) is 21.5. The molecular formula is C25H32ClN9O. The highest BCUT2D eigenvalue weighted by Gasteiger charge is 2.19. The summed E-state index contributed by atoms with van der Waals surface area (Å²) in [7, 11) is 6.03. The van der Waals surface area contributed by atoms with E-state index in [1.54, 1.807) is 12.4 Å². The van der Waals surface area contributed by atoms with Gasteiger partial charge in [-0.15, -0.1) is 0 Å². The first-order chi connectivity index (χ1) is 17.4. The molecule has 0 radical (unpaired) electrons. The molecular weight excluding hydrogens is 478 g/mol. The standard InChI is InChI=1S/C25H32ClN9O/c1-33(2)11-5-8-23(36)29-18-6-4-7-19(14-18)30-24-22(26)16-27-25(32-24)31-20-15-28-35(17-20)21-9-12-34(3)13-10-21/h4-8,14-17,21H,9-13H2,1-3H3,(H,29,36)(H2,27,30,31,32)/b8-5+. The number of aromatic nitrogens is 4. The van der Waals surface area contributed by atoms with Gasteiger partial charge in [-0.2, -0.15) is 10.1 Å². The van der Waals surface area contributed by atoms with E-state index in [0.717, 1.165) is 37.3 Å². The van der Waals surface area contributed by atoms with E-state index in [4.69, 9.17) is 11.6 Å². The molecule has 1 amide bonds. The van der Waals surface area contributed by atoms with Gasteiger partial charge < -0.3 is 25.8 Å². The van der Waals surface area contributed by atoms with Crippen molar-refractivity contribution in [3.8, 4) is 0 Å². The van der Waals surface area contributed by atoms with Crippen molar-refractivity contribution in [1.82, 2.24) is 29.5 Å². The molecule has 10 nitrogen and oxygen atoms in total. The van der Waals surface area contributed by atoms with Gasteiger partial charge >= 0.3 is 0 Å². The van der Waals surface area contributed by atoms with Crippen molar-refractivity contribution < 1.29 is 4.79 Å². The number of hydrogen-bond donors (Lipinski definition) is 3. The van der Waals surface area contributed by atoms with Crippen LogP contribution in [0.15, 0.2) is 55.0 Å². The van der Waals surface area contributed by atoms with Crippen molar-refractivity contribution in [3.05, 3.63) is 60.0 Å². The highest BCUT2D eigenvalue weighted by molar-refractivity contribution is 6.32. The predicted molar refractivity (Wildman–Crippen MR) is 144 cm³/mol. The van der Waals surface area contributed by atoms with Crippen molar-refractivity contribution in [2.45, 2.75) is 18.9 Å². The van der Waals surface area contributed by atoms with Gasteiger partial charge in [0.15, 0.2) is 5.82 Å². The fraction of sp³-hybridized carbons (Fsp3) is 0.360. The van der Waals surface area contributed by atoms with Crippen LogP contribution in [0.4, 0.5) is 28.8 Å². The minimum Gasteiger partial charge on any atom is -0.339 e. The largest absolute Gasteiger partial charge is 0.339 e. The van der Waals surface area contributed by atoms with Crippen LogP contribution >= 0.6 is 11.6 Å². The van der Waals surface area contributed by atoms with Gasteiger partial charge in [-0.25, -0.2) is 4.98 Å². The maximum Gasteiger partial charge on any atom is 0.248 e. The number of amides is 1. The topological polar surface area (TPSA) is 103 Å². The second-order valence-electron chi connectivity index (χ2n) is 9.12. The lowest BCUT2D eigenvalue weighted by molar-refractivity contribution is -0.111. The second kappa shape index (κ2) is 12.0. The van der Waals surface area contributed by atoms with Crippen molar-refractivity contribution in [2.75, 3.05) is 56.7 Å². The number of halogens is 1. The Kier molecular flexibility index (Phi) is 8.52. The van der Waals surface area contributed by atoms with E-state index in [1.165, 1.54) is 6.08 Å². The Labute approximate surface area is 216 Å². The molecule has 0 atom stereocenters. The summed E-state index contributed by atoms with van der Waals surface area (Å²) in [4.78, 5) is 25.3. The van der Waals surface area contributed by atoms with Gasteiger partial charge in [0.25, 0.3) is 0 Å². The van der Waals surface area contributed by atoms with Gasteiger partial charge in [0.05, 0.1) is 24.1 Å². The van der Waals surface area contributed by atoms with Crippen LogP contribution in [0.5, 0.6) is 0 Å². The predicted octanol–water partition coefficient (Wildman–Crippen LogP) is 4.14.